The number of para-hydroxylation sites is 2. The predicted octanol–water partition coefficient (Wildman–Crippen LogP) is 2.56. The van der Waals surface area contributed by atoms with Crippen molar-refractivity contribution in [1.29, 1.82) is 0 Å². The van der Waals surface area contributed by atoms with E-state index in [4.69, 9.17) is 14.2 Å². The van der Waals surface area contributed by atoms with Gasteiger partial charge in [0.15, 0.2) is 11.5 Å². The number of esters is 1. The Labute approximate surface area is 132 Å². The summed E-state index contributed by atoms with van der Waals surface area (Å²) in [6, 6.07) is 7.69. The molecular weight excluding hydrogens is 282 g/mol. The molecule has 1 unspecified atom stereocenters. The maximum atomic E-state index is 11.2. The fourth-order valence-electron chi connectivity index (χ4n) is 1.76. The highest BCUT2D eigenvalue weighted by molar-refractivity contribution is 5.66. The number of rotatable bonds is 10. The molecule has 1 atom stereocenters. The van der Waals surface area contributed by atoms with Gasteiger partial charge in [0.25, 0.3) is 0 Å². The van der Waals surface area contributed by atoms with Crippen molar-refractivity contribution in [3.63, 3.8) is 0 Å². The van der Waals surface area contributed by atoms with Gasteiger partial charge in [-0.1, -0.05) is 38.6 Å². The fourth-order valence-corrected chi connectivity index (χ4v) is 1.76. The van der Waals surface area contributed by atoms with Gasteiger partial charge in [-0.05, 0) is 12.1 Å². The summed E-state index contributed by atoms with van der Waals surface area (Å²) < 4.78 is 16.5. The van der Waals surface area contributed by atoms with E-state index in [1.165, 1.54) is 6.92 Å². The zero-order valence-electron chi connectivity index (χ0n) is 13.5. The van der Waals surface area contributed by atoms with Crippen molar-refractivity contribution in [2.75, 3.05) is 19.8 Å². The molecule has 0 saturated carbocycles. The van der Waals surface area contributed by atoms with Crippen molar-refractivity contribution in [2.24, 2.45) is 0 Å². The minimum absolute atomic E-state index is 0.258. The molecule has 1 aromatic carbocycles. The maximum Gasteiger partial charge on any atom is 0.303 e. The molecule has 5 heteroatoms. The Balaban J connectivity index is 2.62. The Morgan fingerprint density at radius 1 is 1.27 bits per heavy atom. The van der Waals surface area contributed by atoms with Crippen LogP contribution in [0.25, 0.3) is 0 Å². The van der Waals surface area contributed by atoms with Crippen LogP contribution in [-0.4, -0.2) is 37.9 Å². The molecule has 0 fully saturated rings. The van der Waals surface area contributed by atoms with Crippen LogP contribution in [0.4, 0.5) is 0 Å². The summed E-state index contributed by atoms with van der Waals surface area (Å²) in [5.74, 6) is 0.933. The van der Waals surface area contributed by atoms with E-state index < -0.39 is 0 Å². The number of hydrogen-bond donors (Lipinski definition) is 1. The molecule has 22 heavy (non-hydrogen) atoms. The van der Waals surface area contributed by atoms with Gasteiger partial charge >= 0.3 is 5.97 Å². The lowest BCUT2D eigenvalue weighted by Gasteiger charge is -2.20. The third-order valence-corrected chi connectivity index (χ3v) is 2.72. The first-order chi connectivity index (χ1) is 10.5. The summed E-state index contributed by atoms with van der Waals surface area (Å²) in [5.41, 5.74) is 0. The van der Waals surface area contributed by atoms with E-state index in [1.54, 1.807) is 6.08 Å². The number of carbonyl (C=O) groups is 1. The van der Waals surface area contributed by atoms with Gasteiger partial charge < -0.3 is 19.5 Å². The largest absolute Gasteiger partial charge is 0.486 e. The van der Waals surface area contributed by atoms with Gasteiger partial charge in [-0.15, -0.1) is 0 Å². The summed E-state index contributed by atoms with van der Waals surface area (Å²) in [7, 11) is 0. The summed E-state index contributed by atoms with van der Waals surface area (Å²) >= 11 is 0. The molecule has 0 aromatic heterocycles. The number of benzene rings is 1. The van der Waals surface area contributed by atoms with Crippen molar-refractivity contribution in [2.45, 2.75) is 32.9 Å². The highest BCUT2D eigenvalue weighted by atomic mass is 16.6. The van der Waals surface area contributed by atoms with Crippen molar-refractivity contribution in [3.8, 4) is 11.5 Å². The minimum Gasteiger partial charge on any atom is -0.486 e. The first kappa shape index (κ1) is 18.0. The fraction of sp³-hybridized carbons (Fsp3) is 0.471. The second-order valence-corrected chi connectivity index (χ2v) is 5.15. The van der Waals surface area contributed by atoms with Crippen LogP contribution in [0.2, 0.25) is 0 Å². The molecular formula is C17H25NO4. The van der Waals surface area contributed by atoms with Crippen LogP contribution < -0.4 is 14.8 Å². The number of ether oxygens (including phenoxy) is 3. The van der Waals surface area contributed by atoms with Crippen LogP contribution in [0.1, 0.15) is 20.8 Å². The van der Waals surface area contributed by atoms with Gasteiger partial charge in [-0.25, -0.2) is 0 Å². The molecule has 1 rings (SSSR count). The Hall–Kier alpha value is -2.01. The second kappa shape index (κ2) is 9.84. The summed E-state index contributed by atoms with van der Waals surface area (Å²) in [5, 5.41) is 3.23. The van der Waals surface area contributed by atoms with Crippen molar-refractivity contribution in [3.05, 3.63) is 36.9 Å². The van der Waals surface area contributed by atoms with Gasteiger partial charge in [0.2, 0.25) is 0 Å². The predicted molar refractivity (Wildman–Crippen MR) is 86.3 cm³/mol. The van der Waals surface area contributed by atoms with Crippen LogP contribution in [0.3, 0.4) is 0 Å². The topological polar surface area (TPSA) is 56.8 Å². The number of carbonyl (C=O) groups excluding carboxylic acids is 1. The maximum absolute atomic E-state index is 11.2. The molecule has 0 aliphatic rings. The van der Waals surface area contributed by atoms with Crippen LogP contribution >= 0.6 is 0 Å². The van der Waals surface area contributed by atoms with E-state index in [1.807, 2.05) is 38.1 Å². The molecule has 1 N–H and O–H groups in total. The molecule has 5 nitrogen and oxygen atoms in total. The lowest BCUT2D eigenvalue weighted by atomic mass is 10.3. The number of nitrogens with one attached hydrogen (secondary N) is 1. The molecule has 0 aliphatic heterocycles. The third kappa shape index (κ3) is 7.13. The monoisotopic (exact) mass is 307 g/mol. The van der Waals surface area contributed by atoms with Crippen LogP contribution in [0.5, 0.6) is 11.5 Å². The molecule has 1 aromatic rings. The van der Waals surface area contributed by atoms with Crippen LogP contribution in [0, 0.1) is 0 Å². The second-order valence-electron chi connectivity index (χ2n) is 5.15. The van der Waals surface area contributed by atoms with Crippen molar-refractivity contribution in [1.82, 2.24) is 5.32 Å². The first-order valence-electron chi connectivity index (χ1n) is 7.39. The Bertz CT molecular complexity index is 473. The molecule has 0 spiro atoms. The summed E-state index contributed by atoms with van der Waals surface area (Å²) in [6.45, 7) is 10.3. The van der Waals surface area contributed by atoms with Crippen molar-refractivity contribution >= 4 is 5.97 Å². The molecule has 0 amide bonds. The summed E-state index contributed by atoms with van der Waals surface area (Å²) in [4.78, 5) is 11.2. The van der Waals surface area contributed by atoms with E-state index in [9.17, 15) is 4.79 Å². The van der Waals surface area contributed by atoms with Gasteiger partial charge in [0.05, 0.1) is 0 Å². The van der Waals surface area contributed by atoms with Gasteiger partial charge in [-0.3, -0.25) is 4.79 Å². The highest BCUT2D eigenvalue weighted by Gasteiger charge is 2.15. The normalized spacial score (nSPS) is 11.8. The van der Waals surface area contributed by atoms with E-state index in [-0.39, 0.29) is 18.7 Å². The van der Waals surface area contributed by atoms with Crippen LogP contribution in [0.15, 0.2) is 36.9 Å². The molecule has 0 radical (unpaired) electrons. The average Bonchev–Trinajstić information content (AvgIpc) is 2.48. The van der Waals surface area contributed by atoms with Crippen LogP contribution in [-0.2, 0) is 9.53 Å². The van der Waals surface area contributed by atoms with Crippen molar-refractivity contribution < 1.29 is 19.0 Å². The lowest BCUT2D eigenvalue weighted by Crippen LogP contribution is -2.38. The molecule has 0 heterocycles. The standard InChI is InChI=1S/C17H25NO4/c1-5-10-20-16-8-6-7-9-17(16)21-12-15(22-14(4)19)11-18-13(2)3/h5-9,13,15,18H,1,10-12H2,2-4H3. The molecule has 0 saturated heterocycles. The first-order valence-corrected chi connectivity index (χ1v) is 7.39. The van der Waals surface area contributed by atoms with Gasteiger partial charge in [-0.2, -0.15) is 0 Å². The number of hydrogen-bond acceptors (Lipinski definition) is 5. The smallest absolute Gasteiger partial charge is 0.303 e. The lowest BCUT2D eigenvalue weighted by molar-refractivity contribution is -0.147. The quantitative estimate of drug-likeness (QED) is 0.532. The Morgan fingerprint density at radius 2 is 1.91 bits per heavy atom. The Kier molecular flexibility index (Phi) is 8.07. The van der Waals surface area contributed by atoms with E-state index in [0.717, 1.165) is 0 Å². The summed E-state index contributed by atoms with van der Waals surface area (Å²) in [6.07, 6.45) is 1.32. The third-order valence-electron chi connectivity index (χ3n) is 2.72. The molecule has 122 valence electrons. The zero-order chi connectivity index (χ0) is 16.4. The highest BCUT2D eigenvalue weighted by Crippen LogP contribution is 2.26. The molecule has 0 aliphatic carbocycles. The van der Waals surface area contributed by atoms with Gasteiger partial charge in [0, 0.05) is 19.5 Å². The van der Waals surface area contributed by atoms with E-state index in [0.29, 0.717) is 30.7 Å². The SMILES string of the molecule is C=CCOc1ccccc1OCC(CNC(C)C)OC(C)=O. The molecule has 0 bridgehead atoms. The Morgan fingerprint density at radius 3 is 2.45 bits per heavy atom. The zero-order valence-corrected chi connectivity index (χ0v) is 13.5. The van der Waals surface area contributed by atoms with Gasteiger partial charge in [0.1, 0.15) is 19.3 Å². The average molecular weight is 307 g/mol. The van der Waals surface area contributed by atoms with E-state index in [2.05, 4.69) is 11.9 Å². The minimum atomic E-state index is -0.354. The van der Waals surface area contributed by atoms with E-state index >= 15 is 0 Å².